The molecule has 1 N–H and O–H groups in total. The number of benzene rings is 2. The van der Waals surface area contributed by atoms with E-state index < -0.39 is 23.2 Å². The SMILES string of the molecule is CC(C)(C)C(=O)NCc1ccc(Cl)c(C(=O)ON2C(=O)c3ccccc3C2=O)c1. The highest BCUT2D eigenvalue weighted by Gasteiger charge is 2.39. The summed E-state index contributed by atoms with van der Waals surface area (Å²) in [5.74, 6) is -2.54. The number of rotatable bonds is 4. The Balaban J connectivity index is 1.75. The number of hydrogen-bond acceptors (Lipinski definition) is 5. The van der Waals surface area contributed by atoms with Crippen molar-refractivity contribution < 1.29 is 24.0 Å². The Labute approximate surface area is 172 Å². The van der Waals surface area contributed by atoms with Gasteiger partial charge in [0.2, 0.25) is 5.91 Å². The molecule has 150 valence electrons. The van der Waals surface area contributed by atoms with Crippen molar-refractivity contribution in [2.45, 2.75) is 27.3 Å². The van der Waals surface area contributed by atoms with Crippen molar-refractivity contribution >= 4 is 35.3 Å². The normalized spacial score (nSPS) is 13.3. The molecule has 0 fully saturated rings. The fraction of sp³-hybridized carbons (Fsp3) is 0.238. The molecular formula is C21H19ClN2O5. The summed E-state index contributed by atoms with van der Waals surface area (Å²) < 4.78 is 0. The molecule has 1 aliphatic rings. The fourth-order valence-corrected chi connectivity index (χ4v) is 2.86. The van der Waals surface area contributed by atoms with Gasteiger partial charge in [-0.05, 0) is 29.8 Å². The first kappa shape index (κ1) is 20.5. The van der Waals surface area contributed by atoms with Gasteiger partial charge in [0.1, 0.15) is 0 Å². The number of nitrogens with zero attached hydrogens (tertiary/aromatic N) is 1. The van der Waals surface area contributed by atoms with Gasteiger partial charge in [-0.3, -0.25) is 14.4 Å². The molecule has 3 rings (SSSR count). The van der Waals surface area contributed by atoms with Gasteiger partial charge in [-0.2, -0.15) is 0 Å². The van der Waals surface area contributed by atoms with E-state index >= 15 is 0 Å². The summed E-state index contributed by atoms with van der Waals surface area (Å²) >= 11 is 6.10. The van der Waals surface area contributed by atoms with Gasteiger partial charge < -0.3 is 10.2 Å². The number of fused-ring (bicyclic) bond motifs is 1. The van der Waals surface area contributed by atoms with E-state index in [2.05, 4.69) is 5.32 Å². The van der Waals surface area contributed by atoms with Crippen LogP contribution in [0.4, 0.5) is 0 Å². The Morgan fingerprint density at radius 2 is 1.62 bits per heavy atom. The standard InChI is InChI=1S/C21H19ClN2O5/c1-21(2,3)20(28)23-11-12-8-9-16(22)15(10-12)19(27)29-24-17(25)13-6-4-5-7-14(13)18(24)26/h4-10H,11H2,1-3H3,(H,23,28). The lowest BCUT2D eigenvalue weighted by Gasteiger charge is -2.18. The molecule has 0 spiro atoms. The first-order valence-electron chi connectivity index (χ1n) is 8.86. The van der Waals surface area contributed by atoms with Crippen molar-refractivity contribution in [3.8, 4) is 0 Å². The molecule has 7 nitrogen and oxygen atoms in total. The van der Waals surface area contributed by atoms with Crippen LogP contribution in [0.3, 0.4) is 0 Å². The van der Waals surface area contributed by atoms with E-state index in [4.69, 9.17) is 16.4 Å². The van der Waals surface area contributed by atoms with E-state index in [0.717, 1.165) is 0 Å². The van der Waals surface area contributed by atoms with Crippen molar-refractivity contribution in [3.63, 3.8) is 0 Å². The van der Waals surface area contributed by atoms with Crippen molar-refractivity contribution in [1.29, 1.82) is 0 Å². The highest BCUT2D eigenvalue weighted by Crippen LogP contribution is 2.25. The van der Waals surface area contributed by atoms with Gasteiger partial charge in [0.15, 0.2) is 0 Å². The first-order valence-corrected chi connectivity index (χ1v) is 9.24. The van der Waals surface area contributed by atoms with Gasteiger partial charge >= 0.3 is 5.97 Å². The van der Waals surface area contributed by atoms with Gasteiger partial charge in [0.25, 0.3) is 11.8 Å². The molecule has 8 heteroatoms. The van der Waals surface area contributed by atoms with Crippen molar-refractivity contribution in [1.82, 2.24) is 10.4 Å². The van der Waals surface area contributed by atoms with Crippen LogP contribution in [-0.2, 0) is 16.2 Å². The van der Waals surface area contributed by atoms with E-state index in [-0.39, 0.29) is 34.2 Å². The van der Waals surface area contributed by atoms with E-state index in [1.165, 1.54) is 24.3 Å². The summed E-state index contributed by atoms with van der Waals surface area (Å²) in [5, 5.41) is 3.29. The van der Waals surface area contributed by atoms with Crippen molar-refractivity contribution in [2.75, 3.05) is 0 Å². The summed E-state index contributed by atoms with van der Waals surface area (Å²) in [7, 11) is 0. The third-order valence-corrected chi connectivity index (χ3v) is 4.65. The summed E-state index contributed by atoms with van der Waals surface area (Å²) in [4.78, 5) is 54.3. The van der Waals surface area contributed by atoms with Crippen LogP contribution in [0.25, 0.3) is 0 Å². The fourth-order valence-electron chi connectivity index (χ4n) is 2.67. The lowest BCUT2D eigenvalue weighted by atomic mass is 9.95. The van der Waals surface area contributed by atoms with Crippen LogP contribution in [-0.4, -0.2) is 28.8 Å². The average Bonchev–Trinajstić information content (AvgIpc) is 2.91. The van der Waals surface area contributed by atoms with Crippen LogP contribution < -0.4 is 5.32 Å². The average molecular weight is 415 g/mol. The van der Waals surface area contributed by atoms with E-state index in [1.807, 2.05) is 0 Å². The Morgan fingerprint density at radius 3 is 2.17 bits per heavy atom. The van der Waals surface area contributed by atoms with Gasteiger partial charge in [0, 0.05) is 12.0 Å². The van der Waals surface area contributed by atoms with Crippen molar-refractivity contribution in [3.05, 3.63) is 69.7 Å². The Hall–Kier alpha value is -3.19. The van der Waals surface area contributed by atoms with E-state index in [9.17, 15) is 19.2 Å². The van der Waals surface area contributed by atoms with E-state index in [0.29, 0.717) is 10.6 Å². The Kier molecular flexibility index (Phi) is 5.44. The first-order chi connectivity index (χ1) is 13.6. The Morgan fingerprint density at radius 1 is 1.03 bits per heavy atom. The van der Waals surface area contributed by atoms with Crippen LogP contribution in [0.1, 0.15) is 57.4 Å². The maximum absolute atomic E-state index is 12.6. The molecule has 3 amide bonds. The lowest BCUT2D eigenvalue weighted by Crippen LogP contribution is -2.34. The molecule has 0 radical (unpaired) electrons. The van der Waals surface area contributed by atoms with Crippen LogP contribution >= 0.6 is 11.6 Å². The maximum Gasteiger partial charge on any atom is 0.365 e. The van der Waals surface area contributed by atoms with E-state index in [1.54, 1.807) is 39.0 Å². The molecule has 0 aromatic heterocycles. The third-order valence-electron chi connectivity index (χ3n) is 4.32. The highest BCUT2D eigenvalue weighted by molar-refractivity contribution is 6.33. The molecule has 1 aliphatic heterocycles. The topological polar surface area (TPSA) is 92.8 Å². The molecule has 2 aromatic rings. The minimum absolute atomic E-state index is 0.0225. The minimum atomic E-state index is -0.950. The predicted molar refractivity (Wildman–Crippen MR) is 105 cm³/mol. The van der Waals surface area contributed by atoms with Crippen molar-refractivity contribution in [2.24, 2.45) is 5.41 Å². The second-order valence-electron chi connectivity index (χ2n) is 7.58. The van der Waals surface area contributed by atoms with Crippen LogP contribution in [0.5, 0.6) is 0 Å². The van der Waals surface area contributed by atoms with Gasteiger partial charge in [-0.1, -0.05) is 55.6 Å². The number of imide groups is 1. The zero-order valence-corrected chi connectivity index (χ0v) is 16.9. The number of halogens is 1. The highest BCUT2D eigenvalue weighted by atomic mass is 35.5. The predicted octanol–water partition coefficient (Wildman–Crippen LogP) is 3.37. The molecule has 1 heterocycles. The maximum atomic E-state index is 12.6. The number of nitrogens with one attached hydrogen (secondary N) is 1. The lowest BCUT2D eigenvalue weighted by molar-refractivity contribution is -0.128. The van der Waals surface area contributed by atoms with Crippen LogP contribution in [0.15, 0.2) is 42.5 Å². The van der Waals surface area contributed by atoms with Crippen LogP contribution in [0.2, 0.25) is 5.02 Å². The smallest absolute Gasteiger partial charge is 0.352 e. The molecule has 0 saturated heterocycles. The third kappa shape index (κ3) is 4.14. The largest absolute Gasteiger partial charge is 0.365 e. The monoisotopic (exact) mass is 414 g/mol. The summed E-state index contributed by atoms with van der Waals surface area (Å²) in [5.41, 5.74) is 0.358. The molecule has 0 unspecified atom stereocenters. The number of hydrogen-bond donors (Lipinski definition) is 1. The number of amides is 3. The number of carbonyl (C=O) groups is 4. The molecule has 0 aliphatic carbocycles. The van der Waals surface area contributed by atoms with Gasteiger partial charge in [-0.25, -0.2) is 4.79 Å². The molecule has 0 bridgehead atoms. The molecule has 2 aromatic carbocycles. The Bertz CT molecular complexity index is 991. The summed E-state index contributed by atoms with van der Waals surface area (Å²) in [6.45, 7) is 5.54. The minimum Gasteiger partial charge on any atom is -0.352 e. The summed E-state index contributed by atoms with van der Waals surface area (Å²) in [6.07, 6.45) is 0. The molecule has 0 saturated carbocycles. The number of carbonyl (C=O) groups excluding carboxylic acids is 4. The molecular weight excluding hydrogens is 396 g/mol. The molecule has 0 atom stereocenters. The zero-order valence-electron chi connectivity index (χ0n) is 16.1. The second kappa shape index (κ2) is 7.67. The van der Waals surface area contributed by atoms with Gasteiger partial charge in [0.05, 0.1) is 21.7 Å². The van der Waals surface area contributed by atoms with Crippen LogP contribution in [0, 0.1) is 5.41 Å². The summed E-state index contributed by atoms with van der Waals surface area (Å²) in [6, 6.07) is 10.8. The molecule has 29 heavy (non-hydrogen) atoms. The zero-order chi connectivity index (χ0) is 21.3. The number of hydroxylamine groups is 2. The quantitative estimate of drug-likeness (QED) is 0.774. The van der Waals surface area contributed by atoms with Gasteiger partial charge in [-0.15, -0.1) is 0 Å². The second-order valence-corrected chi connectivity index (χ2v) is 7.98.